The molecule has 0 aliphatic carbocycles. The standard InChI is InChI=1S/C23H31NO4S/c1-17(2)16-29(25,26)24(5)21-15-27-23(3,4)28-22(21)20-13-11-19(12-14-20)18-9-7-6-8-10-18/h6-14,17,21-22H,15-16H2,1-5H3/t21-,22-/m1/s1. The quantitative estimate of drug-likeness (QED) is 0.696. The summed E-state index contributed by atoms with van der Waals surface area (Å²) in [4.78, 5) is 0. The van der Waals surface area contributed by atoms with Crippen LogP contribution in [0, 0.1) is 5.92 Å². The van der Waals surface area contributed by atoms with Crippen LogP contribution < -0.4 is 0 Å². The molecule has 2 aromatic carbocycles. The van der Waals surface area contributed by atoms with Gasteiger partial charge in [0, 0.05) is 7.05 Å². The lowest BCUT2D eigenvalue weighted by Crippen LogP contribution is -2.53. The first-order chi connectivity index (χ1) is 13.6. The lowest BCUT2D eigenvalue weighted by atomic mass is 9.97. The molecule has 0 radical (unpaired) electrons. The topological polar surface area (TPSA) is 55.8 Å². The van der Waals surface area contributed by atoms with Gasteiger partial charge in [0.25, 0.3) is 0 Å². The molecule has 1 fully saturated rings. The van der Waals surface area contributed by atoms with Gasteiger partial charge in [-0.05, 0) is 36.5 Å². The van der Waals surface area contributed by atoms with Crippen molar-refractivity contribution in [2.45, 2.75) is 45.6 Å². The van der Waals surface area contributed by atoms with E-state index in [1.54, 1.807) is 7.05 Å². The Kier molecular flexibility index (Phi) is 6.48. The van der Waals surface area contributed by atoms with Crippen molar-refractivity contribution in [3.05, 3.63) is 60.2 Å². The summed E-state index contributed by atoms with van der Waals surface area (Å²) in [5.74, 6) is -0.627. The molecule has 0 saturated carbocycles. The Morgan fingerprint density at radius 1 is 1.03 bits per heavy atom. The number of hydrogen-bond acceptors (Lipinski definition) is 4. The summed E-state index contributed by atoms with van der Waals surface area (Å²) in [6.45, 7) is 7.81. The van der Waals surface area contributed by atoms with Crippen molar-refractivity contribution in [2.24, 2.45) is 5.92 Å². The number of benzene rings is 2. The van der Waals surface area contributed by atoms with Gasteiger partial charge in [-0.1, -0.05) is 68.4 Å². The summed E-state index contributed by atoms with van der Waals surface area (Å²) in [7, 11) is -1.79. The zero-order chi connectivity index (χ0) is 21.2. The van der Waals surface area contributed by atoms with Crippen LogP contribution in [-0.4, -0.2) is 44.0 Å². The molecule has 158 valence electrons. The predicted molar refractivity (Wildman–Crippen MR) is 116 cm³/mol. The van der Waals surface area contributed by atoms with E-state index in [-0.39, 0.29) is 18.3 Å². The second-order valence-corrected chi connectivity index (χ2v) is 10.6. The van der Waals surface area contributed by atoms with Gasteiger partial charge in [0.15, 0.2) is 5.79 Å². The van der Waals surface area contributed by atoms with Gasteiger partial charge in [0.2, 0.25) is 10.0 Å². The van der Waals surface area contributed by atoms with Gasteiger partial charge in [-0.25, -0.2) is 8.42 Å². The van der Waals surface area contributed by atoms with Crippen LogP contribution in [-0.2, 0) is 19.5 Å². The third-order valence-electron chi connectivity index (χ3n) is 5.16. The van der Waals surface area contributed by atoms with Gasteiger partial charge in [-0.3, -0.25) is 0 Å². The second-order valence-electron chi connectivity index (χ2n) is 8.49. The van der Waals surface area contributed by atoms with Crippen molar-refractivity contribution in [2.75, 3.05) is 19.4 Å². The van der Waals surface area contributed by atoms with Gasteiger partial charge in [0.05, 0.1) is 18.4 Å². The molecule has 1 aliphatic rings. The van der Waals surface area contributed by atoms with Gasteiger partial charge in [-0.2, -0.15) is 4.31 Å². The summed E-state index contributed by atoms with van der Waals surface area (Å²) >= 11 is 0. The van der Waals surface area contributed by atoms with E-state index in [1.807, 2.05) is 58.0 Å². The maximum absolute atomic E-state index is 12.8. The Labute approximate surface area is 174 Å². The highest BCUT2D eigenvalue weighted by molar-refractivity contribution is 7.89. The molecule has 0 N–H and O–H groups in total. The zero-order valence-corrected chi connectivity index (χ0v) is 18.6. The summed E-state index contributed by atoms with van der Waals surface area (Å²) < 4.78 is 39.1. The monoisotopic (exact) mass is 417 g/mol. The SMILES string of the molecule is CC(C)CS(=O)(=O)N(C)[C@@H]1COC(C)(C)O[C@@H]1c1ccc(-c2ccccc2)cc1. The van der Waals surface area contributed by atoms with Crippen molar-refractivity contribution >= 4 is 10.0 Å². The van der Waals surface area contributed by atoms with E-state index in [4.69, 9.17) is 9.47 Å². The summed E-state index contributed by atoms with van der Waals surface area (Å²) in [5, 5.41) is 0. The molecule has 29 heavy (non-hydrogen) atoms. The Morgan fingerprint density at radius 2 is 1.62 bits per heavy atom. The molecule has 1 saturated heterocycles. The highest BCUT2D eigenvalue weighted by atomic mass is 32.2. The maximum atomic E-state index is 12.8. The molecule has 0 aromatic heterocycles. The first-order valence-electron chi connectivity index (χ1n) is 10.0. The zero-order valence-electron chi connectivity index (χ0n) is 17.8. The van der Waals surface area contributed by atoms with E-state index >= 15 is 0 Å². The molecule has 0 spiro atoms. The summed E-state index contributed by atoms with van der Waals surface area (Å²) in [5.41, 5.74) is 3.19. The number of hydrogen-bond donors (Lipinski definition) is 0. The maximum Gasteiger partial charge on any atom is 0.214 e. The average molecular weight is 418 g/mol. The van der Waals surface area contributed by atoms with Crippen LogP contribution in [0.2, 0.25) is 0 Å². The van der Waals surface area contributed by atoms with Crippen molar-refractivity contribution in [1.29, 1.82) is 0 Å². The minimum absolute atomic E-state index is 0.0490. The fourth-order valence-electron chi connectivity index (χ4n) is 3.62. The second kappa shape index (κ2) is 8.56. The van der Waals surface area contributed by atoms with Crippen molar-refractivity contribution < 1.29 is 17.9 Å². The van der Waals surface area contributed by atoms with Crippen LogP contribution in [0.3, 0.4) is 0 Å². The molecule has 5 nitrogen and oxygen atoms in total. The lowest BCUT2D eigenvalue weighted by molar-refractivity contribution is -0.291. The number of sulfonamides is 1. The highest BCUT2D eigenvalue weighted by Gasteiger charge is 2.42. The molecular weight excluding hydrogens is 386 g/mol. The Balaban J connectivity index is 1.90. The minimum Gasteiger partial charge on any atom is -0.349 e. The predicted octanol–water partition coefficient (Wildman–Crippen LogP) is 4.46. The molecule has 1 heterocycles. The summed E-state index contributed by atoms with van der Waals surface area (Å²) in [6, 6.07) is 17.9. The van der Waals surface area contributed by atoms with Gasteiger partial charge in [-0.15, -0.1) is 0 Å². The Hall–Kier alpha value is -1.73. The van der Waals surface area contributed by atoms with E-state index < -0.39 is 28.0 Å². The average Bonchev–Trinajstić information content (AvgIpc) is 2.67. The number of likely N-dealkylation sites (N-methyl/N-ethyl adjacent to an activating group) is 1. The molecular formula is C23H31NO4S. The lowest BCUT2D eigenvalue weighted by Gasteiger charge is -2.44. The van der Waals surface area contributed by atoms with Crippen molar-refractivity contribution in [3.63, 3.8) is 0 Å². The molecule has 1 aliphatic heterocycles. The van der Waals surface area contributed by atoms with Crippen molar-refractivity contribution in [1.82, 2.24) is 4.31 Å². The molecule has 2 atom stereocenters. The number of rotatable bonds is 6. The molecule has 0 amide bonds. The molecule has 0 bridgehead atoms. The first kappa shape index (κ1) is 22.0. The molecule has 3 rings (SSSR count). The third-order valence-corrected chi connectivity index (χ3v) is 7.39. The van der Waals surface area contributed by atoms with Crippen LogP contribution in [0.4, 0.5) is 0 Å². The normalized spacial score (nSPS) is 22.2. The number of nitrogens with zero attached hydrogens (tertiary/aromatic N) is 1. The van der Waals surface area contributed by atoms with E-state index in [0.717, 1.165) is 16.7 Å². The molecule has 0 unspecified atom stereocenters. The third kappa shape index (κ3) is 5.25. The largest absolute Gasteiger partial charge is 0.349 e. The molecule has 6 heteroatoms. The van der Waals surface area contributed by atoms with Crippen LogP contribution in [0.5, 0.6) is 0 Å². The van der Waals surface area contributed by atoms with E-state index in [2.05, 4.69) is 24.3 Å². The van der Waals surface area contributed by atoms with Crippen LogP contribution in [0.25, 0.3) is 11.1 Å². The fourth-order valence-corrected chi connectivity index (χ4v) is 5.28. The van der Waals surface area contributed by atoms with Gasteiger partial charge in [0.1, 0.15) is 6.10 Å². The van der Waals surface area contributed by atoms with E-state index in [1.165, 1.54) is 4.31 Å². The van der Waals surface area contributed by atoms with Crippen LogP contribution in [0.15, 0.2) is 54.6 Å². The minimum atomic E-state index is -3.42. The smallest absolute Gasteiger partial charge is 0.214 e. The highest BCUT2D eigenvalue weighted by Crippen LogP contribution is 2.37. The van der Waals surface area contributed by atoms with Crippen LogP contribution >= 0.6 is 0 Å². The van der Waals surface area contributed by atoms with Gasteiger partial charge >= 0.3 is 0 Å². The van der Waals surface area contributed by atoms with E-state index in [0.29, 0.717) is 0 Å². The Bertz CT molecular complexity index is 908. The molecule has 2 aromatic rings. The van der Waals surface area contributed by atoms with Crippen LogP contribution in [0.1, 0.15) is 39.4 Å². The van der Waals surface area contributed by atoms with E-state index in [9.17, 15) is 8.42 Å². The first-order valence-corrected chi connectivity index (χ1v) is 11.6. The summed E-state index contributed by atoms with van der Waals surface area (Å²) in [6.07, 6.45) is -0.407. The number of ether oxygens (including phenoxy) is 2. The fraction of sp³-hybridized carbons (Fsp3) is 0.478. The Morgan fingerprint density at radius 3 is 2.21 bits per heavy atom. The van der Waals surface area contributed by atoms with Crippen molar-refractivity contribution in [3.8, 4) is 11.1 Å². The van der Waals surface area contributed by atoms with Gasteiger partial charge < -0.3 is 9.47 Å².